The van der Waals surface area contributed by atoms with Crippen LogP contribution in [0.15, 0.2) is 17.5 Å². The van der Waals surface area contributed by atoms with Gasteiger partial charge in [-0.1, -0.05) is 0 Å². The summed E-state index contributed by atoms with van der Waals surface area (Å²) in [5.74, 6) is 2.50. The average molecular weight is 245 g/mol. The topological polar surface area (TPSA) is 37.8 Å². The zero-order chi connectivity index (χ0) is 11.8. The molecule has 4 heteroatoms. The fraction of sp³-hybridized carbons (Fsp3) is 0.385. The second kappa shape index (κ2) is 4.11. The Morgan fingerprint density at radius 3 is 2.71 bits per heavy atom. The number of rotatable bonds is 3. The Kier molecular flexibility index (Phi) is 2.59. The van der Waals surface area contributed by atoms with E-state index in [1.54, 1.807) is 11.3 Å². The van der Waals surface area contributed by atoms with Crippen molar-refractivity contribution in [3.8, 4) is 11.3 Å². The molecule has 1 aliphatic carbocycles. The monoisotopic (exact) mass is 245 g/mol. The summed E-state index contributed by atoms with van der Waals surface area (Å²) in [6, 6.07) is 4.20. The van der Waals surface area contributed by atoms with Gasteiger partial charge in [-0.3, -0.25) is 0 Å². The Hall–Kier alpha value is -1.42. The second-order valence-corrected chi connectivity index (χ2v) is 5.58. The van der Waals surface area contributed by atoms with Gasteiger partial charge in [0, 0.05) is 34.9 Å². The highest BCUT2D eigenvalue weighted by Crippen LogP contribution is 2.39. The largest absolute Gasteiger partial charge is 0.373 e. The third-order valence-corrected chi connectivity index (χ3v) is 3.83. The molecular formula is C13H15N3S. The standard InChI is InChI=1S/C13H15N3S/c1-8-5-10(7-17-8)11-6-12(14-2)16-13(15-11)9-3-4-9/h5-7,9H,3-4H2,1-2H3,(H,14,15,16). The van der Waals surface area contributed by atoms with Crippen LogP contribution in [0, 0.1) is 6.92 Å². The Morgan fingerprint density at radius 2 is 2.12 bits per heavy atom. The van der Waals surface area contributed by atoms with E-state index in [1.807, 2.05) is 13.1 Å². The molecular weight excluding hydrogens is 230 g/mol. The number of nitrogens with zero attached hydrogens (tertiary/aromatic N) is 2. The maximum Gasteiger partial charge on any atom is 0.134 e. The summed E-state index contributed by atoms with van der Waals surface area (Å²) in [7, 11) is 1.90. The lowest BCUT2D eigenvalue weighted by Crippen LogP contribution is -2.00. The summed E-state index contributed by atoms with van der Waals surface area (Å²) in [5.41, 5.74) is 2.24. The van der Waals surface area contributed by atoms with Crippen LogP contribution in [0.2, 0.25) is 0 Å². The summed E-state index contributed by atoms with van der Waals surface area (Å²) in [4.78, 5) is 10.5. The van der Waals surface area contributed by atoms with Crippen molar-refractivity contribution in [2.24, 2.45) is 0 Å². The molecule has 0 aromatic carbocycles. The third kappa shape index (κ3) is 2.17. The minimum Gasteiger partial charge on any atom is -0.373 e. The lowest BCUT2D eigenvalue weighted by molar-refractivity contribution is 0.932. The predicted octanol–water partition coefficient (Wildman–Crippen LogP) is 3.43. The molecule has 17 heavy (non-hydrogen) atoms. The zero-order valence-electron chi connectivity index (χ0n) is 10.0. The molecule has 0 spiro atoms. The van der Waals surface area contributed by atoms with Crippen LogP contribution in [0.4, 0.5) is 5.82 Å². The van der Waals surface area contributed by atoms with Crippen molar-refractivity contribution in [3.63, 3.8) is 0 Å². The molecule has 1 fully saturated rings. The van der Waals surface area contributed by atoms with Crippen molar-refractivity contribution in [2.45, 2.75) is 25.7 Å². The van der Waals surface area contributed by atoms with E-state index in [1.165, 1.54) is 23.3 Å². The maximum absolute atomic E-state index is 4.68. The minimum absolute atomic E-state index is 0.585. The third-order valence-electron chi connectivity index (χ3n) is 2.97. The van der Waals surface area contributed by atoms with E-state index in [0.29, 0.717) is 5.92 Å². The summed E-state index contributed by atoms with van der Waals surface area (Å²) in [6.07, 6.45) is 2.46. The van der Waals surface area contributed by atoms with E-state index in [2.05, 4.69) is 33.7 Å². The molecule has 3 rings (SSSR count). The van der Waals surface area contributed by atoms with Crippen LogP contribution in [0.5, 0.6) is 0 Å². The van der Waals surface area contributed by atoms with Gasteiger partial charge >= 0.3 is 0 Å². The van der Waals surface area contributed by atoms with Crippen molar-refractivity contribution in [3.05, 3.63) is 28.2 Å². The fourth-order valence-electron chi connectivity index (χ4n) is 1.84. The van der Waals surface area contributed by atoms with E-state index in [4.69, 9.17) is 0 Å². The summed E-state index contributed by atoms with van der Waals surface area (Å²) in [5, 5.41) is 5.28. The van der Waals surface area contributed by atoms with Gasteiger partial charge in [0.15, 0.2) is 0 Å². The average Bonchev–Trinajstić information content (AvgIpc) is 3.11. The van der Waals surface area contributed by atoms with Crippen LogP contribution in [-0.2, 0) is 0 Å². The van der Waals surface area contributed by atoms with E-state index >= 15 is 0 Å². The highest BCUT2D eigenvalue weighted by atomic mass is 32.1. The van der Waals surface area contributed by atoms with Gasteiger partial charge in [-0.25, -0.2) is 9.97 Å². The van der Waals surface area contributed by atoms with Crippen molar-refractivity contribution < 1.29 is 0 Å². The van der Waals surface area contributed by atoms with E-state index < -0.39 is 0 Å². The zero-order valence-corrected chi connectivity index (χ0v) is 10.8. The molecule has 0 unspecified atom stereocenters. The van der Waals surface area contributed by atoms with Crippen LogP contribution in [0.1, 0.15) is 29.5 Å². The SMILES string of the molecule is CNc1cc(-c2csc(C)c2)nc(C2CC2)n1. The van der Waals surface area contributed by atoms with Crippen LogP contribution in [0.25, 0.3) is 11.3 Å². The number of hydrogen-bond acceptors (Lipinski definition) is 4. The minimum atomic E-state index is 0.585. The van der Waals surface area contributed by atoms with Gasteiger partial charge in [0.1, 0.15) is 11.6 Å². The van der Waals surface area contributed by atoms with Crippen molar-refractivity contribution in [1.29, 1.82) is 0 Å². The normalized spacial score (nSPS) is 14.9. The lowest BCUT2D eigenvalue weighted by atomic mass is 10.2. The molecule has 2 aromatic heterocycles. The Labute approximate surface area is 105 Å². The van der Waals surface area contributed by atoms with Gasteiger partial charge < -0.3 is 5.32 Å². The predicted molar refractivity (Wildman–Crippen MR) is 71.6 cm³/mol. The summed E-state index contributed by atoms with van der Waals surface area (Å²) in [6.45, 7) is 2.12. The number of thiophene rings is 1. The number of nitrogens with one attached hydrogen (secondary N) is 1. The second-order valence-electron chi connectivity index (χ2n) is 4.47. The molecule has 1 N–H and O–H groups in total. The molecule has 2 aromatic rings. The van der Waals surface area contributed by atoms with E-state index in [0.717, 1.165) is 17.3 Å². The number of aryl methyl sites for hydroxylation is 1. The first-order valence-electron chi connectivity index (χ1n) is 5.88. The molecule has 3 nitrogen and oxygen atoms in total. The maximum atomic E-state index is 4.68. The molecule has 0 saturated heterocycles. The van der Waals surface area contributed by atoms with Crippen molar-refractivity contribution in [2.75, 3.05) is 12.4 Å². The number of hydrogen-bond donors (Lipinski definition) is 1. The van der Waals surface area contributed by atoms with E-state index in [-0.39, 0.29) is 0 Å². The van der Waals surface area contributed by atoms with Gasteiger partial charge in [-0.15, -0.1) is 11.3 Å². The Bertz CT molecular complexity index is 543. The molecule has 0 radical (unpaired) electrons. The molecule has 0 aliphatic heterocycles. The van der Waals surface area contributed by atoms with E-state index in [9.17, 15) is 0 Å². The molecule has 2 heterocycles. The Balaban J connectivity index is 2.05. The molecule has 88 valence electrons. The van der Waals surface area contributed by atoms with Gasteiger partial charge in [0.05, 0.1) is 5.69 Å². The number of anilines is 1. The fourth-order valence-corrected chi connectivity index (χ4v) is 2.54. The summed E-state index contributed by atoms with van der Waals surface area (Å²) < 4.78 is 0. The molecule has 1 saturated carbocycles. The smallest absolute Gasteiger partial charge is 0.134 e. The molecule has 0 amide bonds. The first-order chi connectivity index (χ1) is 8.26. The van der Waals surface area contributed by atoms with Crippen LogP contribution in [0.3, 0.4) is 0 Å². The van der Waals surface area contributed by atoms with Gasteiger partial charge in [0.2, 0.25) is 0 Å². The molecule has 1 aliphatic rings. The van der Waals surface area contributed by atoms with Crippen LogP contribution in [-0.4, -0.2) is 17.0 Å². The molecule has 0 bridgehead atoms. The van der Waals surface area contributed by atoms with Crippen molar-refractivity contribution >= 4 is 17.2 Å². The van der Waals surface area contributed by atoms with Gasteiger partial charge in [-0.2, -0.15) is 0 Å². The Morgan fingerprint density at radius 1 is 1.29 bits per heavy atom. The first-order valence-corrected chi connectivity index (χ1v) is 6.76. The van der Waals surface area contributed by atoms with Crippen LogP contribution >= 0.6 is 11.3 Å². The van der Waals surface area contributed by atoms with Crippen LogP contribution < -0.4 is 5.32 Å². The lowest BCUT2D eigenvalue weighted by Gasteiger charge is -2.05. The first kappa shape index (κ1) is 10.7. The number of aromatic nitrogens is 2. The van der Waals surface area contributed by atoms with Gasteiger partial charge in [0.25, 0.3) is 0 Å². The quantitative estimate of drug-likeness (QED) is 0.900. The highest BCUT2D eigenvalue weighted by Gasteiger charge is 2.27. The van der Waals surface area contributed by atoms with Crippen molar-refractivity contribution in [1.82, 2.24) is 9.97 Å². The highest BCUT2D eigenvalue weighted by molar-refractivity contribution is 7.10. The van der Waals surface area contributed by atoms with Gasteiger partial charge in [-0.05, 0) is 25.8 Å². The molecule has 0 atom stereocenters. The summed E-state index contributed by atoms with van der Waals surface area (Å²) >= 11 is 1.76.